The van der Waals surface area contributed by atoms with Gasteiger partial charge in [0.2, 0.25) is 5.91 Å². The Morgan fingerprint density at radius 2 is 1.96 bits per heavy atom. The first kappa shape index (κ1) is 16.4. The molecule has 7 heteroatoms. The van der Waals surface area contributed by atoms with Crippen molar-refractivity contribution < 1.29 is 9.59 Å². The molecular formula is C17H20N4O2S. The number of thiazole rings is 1. The van der Waals surface area contributed by atoms with Crippen LogP contribution in [0, 0.1) is 13.8 Å². The number of hydrogen-bond donors (Lipinski definition) is 1. The highest BCUT2D eigenvalue weighted by atomic mass is 32.1. The Kier molecular flexibility index (Phi) is 4.28. The molecule has 6 nitrogen and oxygen atoms in total. The largest absolute Gasteiger partial charge is 0.375 e. The van der Waals surface area contributed by atoms with Crippen molar-refractivity contribution in [3.63, 3.8) is 0 Å². The molecule has 0 bridgehead atoms. The zero-order valence-corrected chi connectivity index (χ0v) is 14.8. The van der Waals surface area contributed by atoms with E-state index in [0.29, 0.717) is 22.2 Å². The number of nitrogens with zero attached hydrogens (tertiary/aromatic N) is 3. The number of rotatable bonds is 2. The van der Waals surface area contributed by atoms with Gasteiger partial charge in [0, 0.05) is 18.3 Å². The number of benzene rings is 1. The molecule has 24 heavy (non-hydrogen) atoms. The number of nitrogen functional groups attached to an aromatic ring is 1. The Hall–Kier alpha value is -2.41. The minimum absolute atomic E-state index is 0.0606. The summed E-state index contributed by atoms with van der Waals surface area (Å²) < 4.78 is 0. The lowest BCUT2D eigenvalue weighted by atomic mass is 10.1. The van der Waals surface area contributed by atoms with Crippen molar-refractivity contribution in [2.24, 2.45) is 0 Å². The van der Waals surface area contributed by atoms with E-state index >= 15 is 0 Å². The number of carbonyl (C=O) groups excluding carboxylic acids is 2. The van der Waals surface area contributed by atoms with Crippen molar-refractivity contribution >= 4 is 34.0 Å². The molecule has 1 aliphatic rings. The van der Waals surface area contributed by atoms with Gasteiger partial charge in [0.25, 0.3) is 5.91 Å². The average molecular weight is 344 g/mol. The Bertz CT molecular complexity index is 784. The fourth-order valence-corrected chi connectivity index (χ4v) is 3.63. The van der Waals surface area contributed by atoms with Crippen LogP contribution in [0.4, 0.5) is 10.8 Å². The van der Waals surface area contributed by atoms with Crippen molar-refractivity contribution in [2.45, 2.75) is 26.8 Å². The molecule has 0 radical (unpaired) electrons. The van der Waals surface area contributed by atoms with Gasteiger partial charge in [-0.15, -0.1) is 0 Å². The molecule has 1 aromatic heterocycles. The zero-order valence-electron chi connectivity index (χ0n) is 13.9. The molecule has 2 aromatic rings. The highest BCUT2D eigenvalue weighted by Gasteiger charge is 2.34. The Morgan fingerprint density at radius 3 is 2.54 bits per heavy atom. The Balaban J connectivity index is 1.80. The van der Waals surface area contributed by atoms with E-state index in [2.05, 4.69) is 4.98 Å². The summed E-state index contributed by atoms with van der Waals surface area (Å²) in [7, 11) is 0. The molecular weight excluding hydrogens is 324 g/mol. The quantitative estimate of drug-likeness (QED) is 0.906. The second-order valence-corrected chi connectivity index (χ2v) is 7.12. The molecule has 0 aliphatic carbocycles. The molecule has 1 fully saturated rings. The number of piperazine rings is 1. The number of anilines is 2. The SMILES string of the molecule is Cc1ccc(N2C[C@H](C)N(C(=O)c3sc(N)nc3C)CC2=O)cc1. The maximum atomic E-state index is 12.7. The maximum Gasteiger partial charge on any atom is 0.266 e. The van der Waals surface area contributed by atoms with E-state index in [1.54, 1.807) is 16.7 Å². The van der Waals surface area contributed by atoms with Crippen LogP contribution in [0.1, 0.15) is 27.9 Å². The van der Waals surface area contributed by atoms with Gasteiger partial charge in [-0.25, -0.2) is 4.98 Å². The molecule has 2 heterocycles. The van der Waals surface area contributed by atoms with Crippen LogP contribution in [0.2, 0.25) is 0 Å². The number of aromatic nitrogens is 1. The molecule has 1 aliphatic heterocycles. The summed E-state index contributed by atoms with van der Waals surface area (Å²) in [5.41, 5.74) is 8.30. The summed E-state index contributed by atoms with van der Waals surface area (Å²) in [6.45, 7) is 6.25. The van der Waals surface area contributed by atoms with Crippen LogP contribution in [0.5, 0.6) is 0 Å². The molecule has 2 amide bonds. The third-order valence-corrected chi connectivity index (χ3v) is 5.17. The normalized spacial score (nSPS) is 18.1. The standard InChI is InChI=1S/C17H20N4O2S/c1-10-4-6-13(7-5-10)21-8-11(2)20(9-14(21)22)16(23)15-12(3)19-17(18)24-15/h4-7,11H,8-9H2,1-3H3,(H2,18,19)/t11-/m0/s1. The molecule has 1 aromatic carbocycles. The van der Waals surface area contributed by atoms with E-state index in [-0.39, 0.29) is 24.4 Å². The zero-order chi connectivity index (χ0) is 17.4. The van der Waals surface area contributed by atoms with Gasteiger partial charge in [0.1, 0.15) is 11.4 Å². The molecule has 1 saturated heterocycles. The van der Waals surface area contributed by atoms with E-state index in [1.165, 1.54) is 11.3 Å². The Morgan fingerprint density at radius 1 is 1.29 bits per heavy atom. The van der Waals surface area contributed by atoms with Gasteiger partial charge in [0.05, 0.1) is 5.69 Å². The van der Waals surface area contributed by atoms with Gasteiger partial charge in [-0.2, -0.15) is 0 Å². The van der Waals surface area contributed by atoms with Crippen molar-refractivity contribution in [1.82, 2.24) is 9.88 Å². The van der Waals surface area contributed by atoms with Gasteiger partial charge >= 0.3 is 0 Å². The monoisotopic (exact) mass is 344 g/mol. The summed E-state index contributed by atoms with van der Waals surface area (Å²) in [4.78, 5) is 33.3. The third kappa shape index (κ3) is 2.99. The minimum Gasteiger partial charge on any atom is -0.375 e. The first-order valence-corrected chi connectivity index (χ1v) is 8.59. The maximum absolute atomic E-state index is 12.7. The molecule has 126 valence electrons. The average Bonchev–Trinajstić information content (AvgIpc) is 2.88. The molecule has 3 rings (SSSR count). The van der Waals surface area contributed by atoms with Crippen molar-refractivity contribution in [2.75, 3.05) is 23.7 Å². The summed E-state index contributed by atoms with van der Waals surface area (Å²) in [6, 6.07) is 7.75. The lowest BCUT2D eigenvalue weighted by Crippen LogP contribution is -2.57. The highest BCUT2D eigenvalue weighted by molar-refractivity contribution is 7.17. The predicted molar refractivity (Wildman–Crippen MR) is 95.3 cm³/mol. The third-order valence-electron chi connectivity index (χ3n) is 4.20. The van der Waals surface area contributed by atoms with Crippen LogP contribution in [-0.4, -0.2) is 40.8 Å². The van der Waals surface area contributed by atoms with Gasteiger partial charge in [-0.1, -0.05) is 29.0 Å². The minimum atomic E-state index is -0.175. The van der Waals surface area contributed by atoms with Gasteiger partial charge in [0.15, 0.2) is 5.13 Å². The number of amides is 2. The number of carbonyl (C=O) groups is 2. The predicted octanol–water partition coefficient (Wildman–Crippen LogP) is 2.22. The van der Waals surface area contributed by atoms with E-state index in [4.69, 9.17) is 5.73 Å². The van der Waals surface area contributed by atoms with Gasteiger partial charge in [-0.3, -0.25) is 9.59 Å². The Labute approximate surface area is 144 Å². The van der Waals surface area contributed by atoms with Crippen LogP contribution in [0.15, 0.2) is 24.3 Å². The van der Waals surface area contributed by atoms with E-state index in [9.17, 15) is 9.59 Å². The van der Waals surface area contributed by atoms with Crippen LogP contribution in [-0.2, 0) is 4.79 Å². The van der Waals surface area contributed by atoms with Crippen molar-refractivity contribution in [3.05, 3.63) is 40.4 Å². The van der Waals surface area contributed by atoms with Gasteiger partial charge < -0.3 is 15.5 Å². The number of hydrogen-bond acceptors (Lipinski definition) is 5. The number of nitrogens with two attached hydrogens (primary N) is 1. The van der Waals surface area contributed by atoms with Crippen molar-refractivity contribution in [1.29, 1.82) is 0 Å². The molecule has 2 N–H and O–H groups in total. The first-order chi connectivity index (χ1) is 11.4. The van der Waals surface area contributed by atoms with E-state index in [0.717, 1.165) is 11.3 Å². The highest BCUT2D eigenvalue weighted by Crippen LogP contribution is 2.26. The summed E-state index contributed by atoms with van der Waals surface area (Å²) in [5, 5.41) is 0.369. The van der Waals surface area contributed by atoms with Crippen molar-refractivity contribution in [3.8, 4) is 0 Å². The van der Waals surface area contributed by atoms with E-state index in [1.807, 2.05) is 38.1 Å². The fraction of sp³-hybridized carbons (Fsp3) is 0.353. The molecule has 1 atom stereocenters. The van der Waals surface area contributed by atoms with E-state index < -0.39 is 0 Å². The topological polar surface area (TPSA) is 79.5 Å². The molecule has 0 unspecified atom stereocenters. The van der Waals surface area contributed by atoms with Gasteiger partial charge in [-0.05, 0) is 32.9 Å². The van der Waals surface area contributed by atoms with Crippen LogP contribution in [0.3, 0.4) is 0 Å². The second kappa shape index (κ2) is 6.24. The smallest absolute Gasteiger partial charge is 0.266 e. The molecule has 0 spiro atoms. The lowest BCUT2D eigenvalue weighted by Gasteiger charge is -2.39. The van der Waals surface area contributed by atoms with Crippen LogP contribution >= 0.6 is 11.3 Å². The van der Waals surface area contributed by atoms with Crippen LogP contribution < -0.4 is 10.6 Å². The fourth-order valence-electron chi connectivity index (χ4n) is 2.84. The number of aryl methyl sites for hydroxylation is 2. The summed E-state index contributed by atoms with van der Waals surface area (Å²) in [6.07, 6.45) is 0. The second-order valence-electron chi connectivity index (χ2n) is 6.09. The van der Waals surface area contributed by atoms with Crippen LogP contribution in [0.25, 0.3) is 0 Å². The summed E-state index contributed by atoms with van der Waals surface area (Å²) in [5.74, 6) is -0.258. The summed E-state index contributed by atoms with van der Waals surface area (Å²) >= 11 is 1.17. The first-order valence-electron chi connectivity index (χ1n) is 7.77. The molecule has 0 saturated carbocycles. The lowest BCUT2D eigenvalue weighted by molar-refractivity contribution is -0.121.